The summed E-state index contributed by atoms with van der Waals surface area (Å²) in [4.78, 5) is 18.3. The van der Waals surface area contributed by atoms with Crippen molar-refractivity contribution < 1.29 is 18.7 Å². The summed E-state index contributed by atoms with van der Waals surface area (Å²) in [6.45, 7) is 1.76. The summed E-state index contributed by atoms with van der Waals surface area (Å²) < 4.78 is 27.3. The van der Waals surface area contributed by atoms with Crippen molar-refractivity contribution in [2.75, 3.05) is 24.9 Å². The second-order valence-electron chi connectivity index (χ2n) is 8.17. The Morgan fingerprint density at radius 2 is 1.72 bits per heavy atom. The van der Waals surface area contributed by atoms with Crippen LogP contribution in [0.2, 0.25) is 0 Å². The summed E-state index contributed by atoms with van der Waals surface area (Å²) in [6.07, 6.45) is 0. The van der Waals surface area contributed by atoms with Gasteiger partial charge in [-0.3, -0.25) is 4.79 Å². The predicted octanol–water partition coefficient (Wildman–Crippen LogP) is 5.03. The molecule has 4 aromatic rings. The van der Waals surface area contributed by atoms with Gasteiger partial charge in [0.25, 0.3) is 5.91 Å². The second-order valence-corrected chi connectivity index (χ2v) is 8.17. The largest absolute Gasteiger partial charge is 0.497 e. The van der Waals surface area contributed by atoms with E-state index in [1.165, 1.54) is 13.2 Å². The maximum absolute atomic E-state index is 15.1. The molecule has 1 amide bonds. The summed E-state index contributed by atoms with van der Waals surface area (Å²) in [6, 6.07) is 19.9. The molecule has 36 heavy (non-hydrogen) atoms. The van der Waals surface area contributed by atoms with Crippen LogP contribution in [0.3, 0.4) is 0 Å². The average Bonchev–Trinajstić information content (AvgIpc) is 3.32. The molecule has 5 rings (SSSR count). The SMILES string of the molecule is COc1ccc(-c2nc3n(n2)C(c2ccccc2F)C(C(=O)Nc2ccccc2OC)=C(C)N3)cc1. The summed E-state index contributed by atoms with van der Waals surface area (Å²) >= 11 is 0. The van der Waals surface area contributed by atoms with Gasteiger partial charge in [-0.15, -0.1) is 5.10 Å². The quantitative estimate of drug-likeness (QED) is 0.398. The van der Waals surface area contributed by atoms with Crippen LogP contribution in [-0.4, -0.2) is 34.9 Å². The molecule has 0 saturated heterocycles. The first kappa shape index (κ1) is 23.1. The maximum atomic E-state index is 15.1. The molecule has 0 aliphatic carbocycles. The zero-order chi connectivity index (χ0) is 25.2. The number of anilines is 2. The van der Waals surface area contributed by atoms with E-state index in [0.29, 0.717) is 45.8 Å². The molecular weight excluding hydrogens is 461 g/mol. The van der Waals surface area contributed by atoms with Gasteiger partial charge >= 0.3 is 0 Å². The third-order valence-corrected chi connectivity index (χ3v) is 6.00. The Labute approximate surface area is 207 Å². The molecule has 2 heterocycles. The van der Waals surface area contributed by atoms with E-state index in [9.17, 15) is 4.79 Å². The van der Waals surface area contributed by atoms with Crippen LogP contribution in [-0.2, 0) is 4.79 Å². The number of hydrogen-bond acceptors (Lipinski definition) is 6. The molecule has 0 saturated carbocycles. The Bertz CT molecular complexity index is 1460. The molecule has 1 aliphatic heterocycles. The molecule has 8 nitrogen and oxygen atoms in total. The number of rotatable bonds is 6. The molecule has 1 atom stereocenters. The van der Waals surface area contributed by atoms with Crippen molar-refractivity contribution in [3.05, 3.63) is 95.4 Å². The lowest BCUT2D eigenvalue weighted by Gasteiger charge is -2.29. The standard InChI is InChI=1S/C27H24FN5O3/c1-16-23(26(34)30-21-10-6-7-11-22(21)36-3)24(19-8-4-5-9-20(19)28)33-27(29-16)31-25(32-33)17-12-14-18(35-2)15-13-17/h4-15,24H,1-3H3,(H,30,34)(H,29,31,32). The van der Waals surface area contributed by atoms with Gasteiger partial charge in [0.2, 0.25) is 5.95 Å². The minimum atomic E-state index is -0.850. The van der Waals surface area contributed by atoms with Gasteiger partial charge in [0.1, 0.15) is 23.4 Å². The number of nitrogens with one attached hydrogen (secondary N) is 2. The number of carbonyl (C=O) groups is 1. The van der Waals surface area contributed by atoms with Crippen LogP contribution in [0, 0.1) is 5.82 Å². The lowest BCUT2D eigenvalue weighted by Crippen LogP contribution is -2.32. The zero-order valence-electron chi connectivity index (χ0n) is 19.9. The molecular formula is C27H24FN5O3. The smallest absolute Gasteiger partial charge is 0.255 e. The van der Waals surface area contributed by atoms with E-state index in [-0.39, 0.29) is 0 Å². The monoisotopic (exact) mass is 485 g/mol. The number of fused-ring (bicyclic) bond motifs is 1. The van der Waals surface area contributed by atoms with E-state index in [0.717, 1.165) is 5.56 Å². The number of aromatic nitrogens is 3. The molecule has 3 aromatic carbocycles. The summed E-state index contributed by atoms with van der Waals surface area (Å²) in [5, 5.41) is 10.7. The highest BCUT2D eigenvalue weighted by atomic mass is 19.1. The van der Waals surface area contributed by atoms with Crippen molar-refractivity contribution in [2.24, 2.45) is 0 Å². The van der Waals surface area contributed by atoms with E-state index in [2.05, 4.69) is 20.7 Å². The third-order valence-electron chi connectivity index (χ3n) is 6.00. The van der Waals surface area contributed by atoms with E-state index in [4.69, 9.17) is 9.47 Å². The minimum absolute atomic E-state index is 0.302. The van der Waals surface area contributed by atoms with Gasteiger partial charge in [0.15, 0.2) is 5.82 Å². The van der Waals surface area contributed by atoms with Gasteiger partial charge < -0.3 is 20.1 Å². The number of methoxy groups -OCH3 is 2. The molecule has 0 radical (unpaired) electrons. The van der Waals surface area contributed by atoms with Crippen molar-refractivity contribution in [2.45, 2.75) is 13.0 Å². The molecule has 1 unspecified atom stereocenters. The lowest BCUT2D eigenvalue weighted by atomic mass is 9.94. The fourth-order valence-electron chi connectivity index (χ4n) is 4.23. The number of nitrogens with zero attached hydrogens (tertiary/aromatic N) is 3. The summed E-state index contributed by atoms with van der Waals surface area (Å²) in [7, 11) is 3.12. The molecule has 1 aliphatic rings. The molecule has 182 valence electrons. The van der Waals surface area contributed by atoms with Crippen LogP contribution >= 0.6 is 0 Å². The van der Waals surface area contributed by atoms with Crippen LogP contribution in [0.25, 0.3) is 11.4 Å². The highest BCUT2D eigenvalue weighted by Crippen LogP contribution is 2.38. The Hall–Kier alpha value is -4.66. The topological polar surface area (TPSA) is 90.3 Å². The van der Waals surface area contributed by atoms with E-state index < -0.39 is 17.8 Å². The van der Waals surface area contributed by atoms with Crippen molar-refractivity contribution in [3.63, 3.8) is 0 Å². The van der Waals surface area contributed by atoms with Crippen molar-refractivity contribution in [3.8, 4) is 22.9 Å². The maximum Gasteiger partial charge on any atom is 0.255 e. The van der Waals surface area contributed by atoms with Crippen molar-refractivity contribution in [1.29, 1.82) is 0 Å². The molecule has 0 bridgehead atoms. The Morgan fingerprint density at radius 1 is 1.00 bits per heavy atom. The number of ether oxygens (including phenoxy) is 2. The number of carbonyl (C=O) groups excluding carboxylic acids is 1. The van der Waals surface area contributed by atoms with Crippen LogP contribution < -0.4 is 20.1 Å². The molecule has 0 fully saturated rings. The predicted molar refractivity (Wildman–Crippen MR) is 134 cm³/mol. The van der Waals surface area contributed by atoms with Crippen LogP contribution in [0.1, 0.15) is 18.5 Å². The average molecular weight is 486 g/mol. The van der Waals surface area contributed by atoms with E-state index >= 15 is 4.39 Å². The number of halogens is 1. The molecule has 9 heteroatoms. The molecule has 0 spiro atoms. The van der Waals surface area contributed by atoms with Gasteiger partial charge in [-0.25, -0.2) is 9.07 Å². The Morgan fingerprint density at radius 3 is 2.44 bits per heavy atom. The normalized spacial score (nSPS) is 14.6. The number of amides is 1. The van der Waals surface area contributed by atoms with Gasteiger partial charge in [0.05, 0.1) is 25.5 Å². The Kier molecular flexibility index (Phi) is 6.12. The number of allylic oxidation sites excluding steroid dienone is 1. The first-order chi connectivity index (χ1) is 17.5. The fraction of sp³-hybridized carbons (Fsp3) is 0.148. The van der Waals surface area contributed by atoms with Crippen LogP contribution in [0.5, 0.6) is 11.5 Å². The van der Waals surface area contributed by atoms with E-state index in [1.807, 2.05) is 30.3 Å². The molecule has 2 N–H and O–H groups in total. The highest BCUT2D eigenvalue weighted by molar-refractivity contribution is 6.06. The zero-order valence-corrected chi connectivity index (χ0v) is 19.9. The van der Waals surface area contributed by atoms with Crippen molar-refractivity contribution >= 4 is 17.5 Å². The van der Waals surface area contributed by atoms with Crippen LogP contribution in [0.15, 0.2) is 84.1 Å². The summed E-state index contributed by atoms with van der Waals surface area (Å²) in [5.74, 6) is 1.19. The summed E-state index contributed by atoms with van der Waals surface area (Å²) in [5.41, 5.74) is 2.41. The number of hydrogen-bond donors (Lipinski definition) is 2. The fourth-order valence-corrected chi connectivity index (χ4v) is 4.23. The van der Waals surface area contributed by atoms with Crippen molar-refractivity contribution in [1.82, 2.24) is 14.8 Å². The number of para-hydroxylation sites is 2. The first-order valence-corrected chi connectivity index (χ1v) is 11.3. The van der Waals surface area contributed by atoms with Crippen LogP contribution in [0.4, 0.5) is 16.0 Å². The van der Waals surface area contributed by atoms with Gasteiger partial charge in [0, 0.05) is 16.8 Å². The van der Waals surface area contributed by atoms with E-state index in [1.54, 1.807) is 55.1 Å². The van der Waals surface area contributed by atoms with Gasteiger partial charge in [-0.05, 0) is 49.4 Å². The minimum Gasteiger partial charge on any atom is -0.497 e. The lowest BCUT2D eigenvalue weighted by molar-refractivity contribution is -0.113. The second kappa shape index (κ2) is 9.53. The number of benzene rings is 3. The highest BCUT2D eigenvalue weighted by Gasteiger charge is 2.36. The van der Waals surface area contributed by atoms with Gasteiger partial charge in [-0.1, -0.05) is 30.3 Å². The molecule has 1 aromatic heterocycles. The first-order valence-electron chi connectivity index (χ1n) is 11.3. The Balaban J connectivity index is 1.60. The van der Waals surface area contributed by atoms with Gasteiger partial charge in [-0.2, -0.15) is 4.98 Å². The third kappa shape index (κ3) is 4.15.